The van der Waals surface area contributed by atoms with Crippen LogP contribution in [-0.4, -0.2) is 56.5 Å². The van der Waals surface area contributed by atoms with Crippen LogP contribution in [0.3, 0.4) is 0 Å². The third kappa shape index (κ3) is 2.57. The number of likely N-dealkylation sites (tertiary alicyclic amines) is 1. The number of sulfone groups is 1. The molecule has 0 aromatic carbocycles. The highest BCUT2D eigenvalue weighted by molar-refractivity contribution is 7.91. The van der Waals surface area contributed by atoms with Crippen LogP contribution in [0.15, 0.2) is 0 Å². The van der Waals surface area contributed by atoms with Gasteiger partial charge in [0.05, 0.1) is 5.25 Å². The van der Waals surface area contributed by atoms with Crippen molar-refractivity contribution in [3.8, 4) is 0 Å². The smallest absolute Gasteiger partial charge is 0.150 e. The molecule has 3 rings (SSSR count). The maximum atomic E-state index is 11.8. The number of nitrogens with one attached hydrogen (secondary N) is 1. The molecule has 0 spiro atoms. The largest absolute Gasteiger partial charge is 0.316 e. The Morgan fingerprint density at radius 3 is 2.68 bits per heavy atom. The number of rotatable bonds is 2. The molecule has 1 aliphatic carbocycles. The molecule has 4 nitrogen and oxygen atoms in total. The first-order valence-corrected chi connectivity index (χ1v) is 9.57. The lowest BCUT2D eigenvalue weighted by molar-refractivity contribution is 0.136. The Labute approximate surface area is 116 Å². The highest BCUT2D eigenvalue weighted by Crippen LogP contribution is 2.37. The number of hydrogen-bond acceptors (Lipinski definition) is 4. The molecule has 5 unspecified atom stereocenters. The molecule has 19 heavy (non-hydrogen) atoms. The van der Waals surface area contributed by atoms with Gasteiger partial charge in [0.15, 0.2) is 0 Å². The summed E-state index contributed by atoms with van der Waals surface area (Å²) < 4.78 is 23.6. The average Bonchev–Trinajstić information content (AvgIpc) is 2.92. The van der Waals surface area contributed by atoms with Crippen molar-refractivity contribution in [2.24, 2.45) is 11.8 Å². The fourth-order valence-corrected chi connectivity index (χ4v) is 5.66. The van der Waals surface area contributed by atoms with Gasteiger partial charge in [-0.3, -0.25) is 4.90 Å². The molecule has 0 radical (unpaired) electrons. The predicted octanol–water partition coefficient (Wildman–Crippen LogP) is 0.882. The molecule has 1 N–H and O–H groups in total. The SMILES string of the molecule is CC1C2CNCC2CN1C1CCCC(S(C)(=O)=O)C1. The molecular weight excluding hydrogens is 260 g/mol. The minimum Gasteiger partial charge on any atom is -0.316 e. The Bertz CT molecular complexity index is 437. The summed E-state index contributed by atoms with van der Waals surface area (Å²) >= 11 is 0. The van der Waals surface area contributed by atoms with Crippen molar-refractivity contribution in [1.29, 1.82) is 0 Å². The van der Waals surface area contributed by atoms with E-state index < -0.39 is 9.84 Å². The highest BCUT2D eigenvalue weighted by atomic mass is 32.2. The van der Waals surface area contributed by atoms with Gasteiger partial charge in [-0.05, 0) is 51.1 Å². The summed E-state index contributed by atoms with van der Waals surface area (Å²) in [5.74, 6) is 1.56. The average molecular weight is 286 g/mol. The fraction of sp³-hybridized carbons (Fsp3) is 1.00. The summed E-state index contributed by atoms with van der Waals surface area (Å²) in [7, 11) is -2.86. The quantitative estimate of drug-likeness (QED) is 0.819. The number of fused-ring (bicyclic) bond motifs is 1. The molecule has 5 atom stereocenters. The molecule has 2 heterocycles. The summed E-state index contributed by atoms with van der Waals surface area (Å²) in [6, 6.07) is 1.11. The molecule has 3 aliphatic rings. The van der Waals surface area contributed by atoms with Gasteiger partial charge in [0.1, 0.15) is 9.84 Å². The van der Waals surface area contributed by atoms with Crippen molar-refractivity contribution in [2.45, 2.75) is 49.9 Å². The van der Waals surface area contributed by atoms with Gasteiger partial charge >= 0.3 is 0 Å². The second kappa shape index (κ2) is 5.01. The molecule has 0 amide bonds. The van der Waals surface area contributed by atoms with Crippen LogP contribution in [0.2, 0.25) is 0 Å². The van der Waals surface area contributed by atoms with E-state index >= 15 is 0 Å². The summed E-state index contributed by atoms with van der Waals surface area (Å²) in [6.07, 6.45) is 5.39. The van der Waals surface area contributed by atoms with E-state index in [1.165, 1.54) is 19.2 Å². The van der Waals surface area contributed by atoms with Crippen LogP contribution in [0, 0.1) is 11.8 Å². The lowest BCUT2D eigenvalue weighted by Crippen LogP contribution is -2.45. The van der Waals surface area contributed by atoms with E-state index in [1.807, 2.05) is 0 Å². The molecule has 5 heteroatoms. The molecule has 0 aromatic heterocycles. The molecule has 0 aromatic rings. The number of nitrogens with zero attached hydrogens (tertiary/aromatic N) is 1. The summed E-state index contributed by atoms with van der Waals surface area (Å²) in [5.41, 5.74) is 0. The van der Waals surface area contributed by atoms with E-state index in [1.54, 1.807) is 0 Å². The van der Waals surface area contributed by atoms with E-state index in [9.17, 15) is 8.42 Å². The highest BCUT2D eigenvalue weighted by Gasteiger charge is 2.45. The molecule has 0 bridgehead atoms. The molecule has 1 saturated carbocycles. The molecule has 3 fully saturated rings. The first-order valence-electron chi connectivity index (χ1n) is 7.62. The third-order valence-corrected chi connectivity index (χ3v) is 7.29. The van der Waals surface area contributed by atoms with Gasteiger partial charge in [-0.15, -0.1) is 0 Å². The predicted molar refractivity (Wildman–Crippen MR) is 76.9 cm³/mol. The van der Waals surface area contributed by atoms with E-state index in [0.29, 0.717) is 12.1 Å². The van der Waals surface area contributed by atoms with Crippen LogP contribution in [-0.2, 0) is 9.84 Å². The van der Waals surface area contributed by atoms with Gasteiger partial charge in [0.2, 0.25) is 0 Å². The van der Waals surface area contributed by atoms with Crippen molar-refractivity contribution in [3.63, 3.8) is 0 Å². The maximum Gasteiger partial charge on any atom is 0.150 e. The van der Waals surface area contributed by atoms with Gasteiger partial charge in [0, 0.05) is 24.9 Å². The van der Waals surface area contributed by atoms with E-state index in [0.717, 1.165) is 44.2 Å². The normalized spacial score (nSPS) is 44.4. The van der Waals surface area contributed by atoms with E-state index in [4.69, 9.17) is 0 Å². The van der Waals surface area contributed by atoms with Crippen LogP contribution in [0.5, 0.6) is 0 Å². The zero-order valence-electron chi connectivity index (χ0n) is 12.0. The Morgan fingerprint density at radius 2 is 2.00 bits per heavy atom. The zero-order valence-corrected chi connectivity index (χ0v) is 12.8. The number of hydrogen-bond donors (Lipinski definition) is 1. The molecular formula is C14H26N2O2S. The van der Waals surface area contributed by atoms with E-state index in [2.05, 4.69) is 17.1 Å². The van der Waals surface area contributed by atoms with Crippen LogP contribution in [0.1, 0.15) is 32.6 Å². The molecule has 110 valence electrons. The zero-order chi connectivity index (χ0) is 13.6. The Hall–Kier alpha value is -0.130. The first kappa shape index (κ1) is 13.8. The lowest BCUT2D eigenvalue weighted by Gasteiger charge is -2.38. The van der Waals surface area contributed by atoms with Gasteiger partial charge in [-0.1, -0.05) is 6.42 Å². The van der Waals surface area contributed by atoms with Crippen LogP contribution in [0.25, 0.3) is 0 Å². The molecule has 2 saturated heterocycles. The van der Waals surface area contributed by atoms with Crippen molar-refractivity contribution in [1.82, 2.24) is 10.2 Å². The van der Waals surface area contributed by atoms with Crippen molar-refractivity contribution < 1.29 is 8.42 Å². The fourth-order valence-electron chi connectivity index (χ4n) is 4.49. The van der Waals surface area contributed by atoms with Crippen LogP contribution >= 0.6 is 0 Å². The van der Waals surface area contributed by atoms with Gasteiger partial charge in [-0.2, -0.15) is 0 Å². The Morgan fingerprint density at radius 1 is 1.21 bits per heavy atom. The topological polar surface area (TPSA) is 49.4 Å². The minimum absolute atomic E-state index is 0.1000. The van der Waals surface area contributed by atoms with Gasteiger partial charge in [0.25, 0.3) is 0 Å². The van der Waals surface area contributed by atoms with Crippen LogP contribution in [0.4, 0.5) is 0 Å². The molecule has 2 aliphatic heterocycles. The van der Waals surface area contributed by atoms with Crippen LogP contribution < -0.4 is 5.32 Å². The Kier molecular flexibility index (Phi) is 3.65. The summed E-state index contributed by atoms with van der Waals surface area (Å²) in [4.78, 5) is 2.62. The maximum absolute atomic E-state index is 11.8. The van der Waals surface area contributed by atoms with Gasteiger partial charge < -0.3 is 5.32 Å². The summed E-state index contributed by atoms with van der Waals surface area (Å²) in [6.45, 7) is 5.79. The first-order chi connectivity index (χ1) is 8.97. The lowest BCUT2D eigenvalue weighted by atomic mass is 9.92. The van der Waals surface area contributed by atoms with Crippen molar-refractivity contribution in [3.05, 3.63) is 0 Å². The van der Waals surface area contributed by atoms with Crippen molar-refractivity contribution in [2.75, 3.05) is 25.9 Å². The second-order valence-electron chi connectivity index (χ2n) is 6.79. The standard InChI is InChI=1S/C14H26N2O2S/c1-10-14-8-15-7-11(14)9-16(10)12-4-3-5-13(6-12)19(2,17)18/h10-15H,3-9H2,1-2H3. The Balaban J connectivity index is 1.69. The second-order valence-corrected chi connectivity index (χ2v) is 9.12. The third-order valence-electron chi connectivity index (χ3n) is 5.65. The monoisotopic (exact) mass is 286 g/mol. The van der Waals surface area contributed by atoms with Crippen molar-refractivity contribution >= 4 is 9.84 Å². The van der Waals surface area contributed by atoms with Gasteiger partial charge in [-0.25, -0.2) is 8.42 Å². The van der Waals surface area contributed by atoms with E-state index in [-0.39, 0.29) is 5.25 Å². The summed E-state index contributed by atoms with van der Waals surface area (Å²) in [5, 5.41) is 3.39. The minimum atomic E-state index is -2.86.